The fourth-order valence-corrected chi connectivity index (χ4v) is 4.87. The zero-order valence-electron chi connectivity index (χ0n) is 17.3. The molecule has 1 amide bonds. The third-order valence-electron chi connectivity index (χ3n) is 6.53. The molecule has 0 saturated carbocycles. The number of H-pyrrole nitrogens is 1. The average molecular weight is 417 g/mol. The van der Waals surface area contributed by atoms with Crippen LogP contribution in [0.25, 0.3) is 11.4 Å². The predicted octanol–water partition coefficient (Wildman–Crippen LogP) is 2.82. The number of carbonyl (C=O) groups excluding carboxylic acids is 1. The minimum absolute atomic E-state index is 0.0687. The average Bonchev–Trinajstić information content (AvgIpc) is 3.12. The van der Waals surface area contributed by atoms with E-state index in [0.717, 1.165) is 36.1 Å². The lowest BCUT2D eigenvalue weighted by Gasteiger charge is -2.39. The van der Waals surface area contributed by atoms with Crippen molar-refractivity contribution in [3.8, 4) is 11.4 Å². The first-order valence-corrected chi connectivity index (χ1v) is 10.6. The van der Waals surface area contributed by atoms with Gasteiger partial charge in [0.05, 0.1) is 5.69 Å². The molecule has 31 heavy (non-hydrogen) atoms. The highest BCUT2D eigenvalue weighted by Crippen LogP contribution is 2.44. The van der Waals surface area contributed by atoms with E-state index in [2.05, 4.69) is 4.98 Å². The highest BCUT2D eigenvalue weighted by Gasteiger charge is 2.45. The maximum atomic E-state index is 12.9. The van der Waals surface area contributed by atoms with Crippen LogP contribution in [0, 0.1) is 6.92 Å². The number of aromatic amines is 1. The van der Waals surface area contributed by atoms with Crippen LogP contribution in [0.2, 0.25) is 0 Å². The number of hydrogen-bond donors (Lipinski definition) is 1. The molecule has 158 valence electrons. The number of nitrogens with zero attached hydrogens (tertiary/aromatic N) is 2. The molecule has 3 aromatic rings. The number of aromatic nitrogens is 2. The summed E-state index contributed by atoms with van der Waals surface area (Å²) in [6, 6.07) is 12.3. The van der Waals surface area contributed by atoms with E-state index in [1.54, 1.807) is 11.8 Å². The monoisotopic (exact) mass is 417 g/mol. The van der Waals surface area contributed by atoms with Crippen molar-refractivity contribution in [2.45, 2.75) is 38.0 Å². The third-order valence-corrected chi connectivity index (χ3v) is 6.53. The number of aryl methyl sites for hydroxylation is 1. The van der Waals surface area contributed by atoms with Gasteiger partial charge in [-0.05, 0) is 32.6 Å². The third kappa shape index (κ3) is 3.40. The van der Waals surface area contributed by atoms with Gasteiger partial charge in [-0.2, -0.15) is 0 Å². The minimum atomic E-state index is -0.266. The van der Waals surface area contributed by atoms with E-state index in [0.29, 0.717) is 31.1 Å². The van der Waals surface area contributed by atoms with Gasteiger partial charge in [0.1, 0.15) is 11.6 Å². The highest BCUT2D eigenvalue weighted by molar-refractivity contribution is 5.91. The number of carbonyl (C=O) groups is 1. The standard InChI is InChI=1S/C24H23N3O4/c1-15-13-17(28)14-19(31-15)23(30)27-11-9-24(10-12-27)8-7-18-20(24)25-21(26-22(18)29)16-5-3-2-4-6-16/h2-6,13-14H,7-12H2,1H3,(H,25,26,29). The molecule has 1 aliphatic heterocycles. The summed E-state index contributed by atoms with van der Waals surface area (Å²) < 4.78 is 5.48. The Morgan fingerprint density at radius 3 is 2.55 bits per heavy atom. The number of benzene rings is 1. The van der Waals surface area contributed by atoms with Crippen LogP contribution in [0.15, 0.2) is 56.5 Å². The summed E-state index contributed by atoms with van der Waals surface area (Å²) in [7, 11) is 0. The molecule has 0 atom stereocenters. The topological polar surface area (TPSA) is 96.3 Å². The Labute approximate surface area is 178 Å². The van der Waals surface area contributed by atoms with Crippen LogP contribution in [-0.4, -0.2) is 33.9 Å². The number of piperidine rings is 1. The number of hydrogen-bond acceptors (Lipinski definition) is 5. The van der Waals surface area contributed by atoms with E-state index < -0.39 is 0 Å². The first-order chi connectivity index (χ1) is 14.9. The van der Waals surface area contributed by atoms with Crippen molar-refractivity contribution in [3.63, 3.8) is 0 Å². The number of amides is 1. The van der Waals surface area contributed by atoms with Crippen molar-refractivity contribution >= 4 is 5.91 Å². The van der Waals surface area contributed by atoms with Gasteiger partial charge in [0, 0.05) is 41.8 Å². The summed E-state index contributed by atoms with van der Waals surface area (Å²) in [5, 5.41) is 0. The van der Waals surface area contributed by atoms with Crippen molar-refractivity contribution in [3.05, 3.63) is 85.8 Å². The minimum Gasteiger partial charge on any atom is -0.456 e. The number of likely N-dealkylation sites (tertiary alicyclic amines) is 1. The summed E-state index contributed by atoms with van der Waals surface area (Å²) in [6.07, 6.45) is 3.02. The van der Waals surface area contributed by atoms with Gasteiger partial charge in [0.25, 0.3) is 11.5 Å². The Hall–Kier alpha value is -3.48. The molecule has 1 saturated heterocycles. The zero-order chi connectivity index (χ0) is 21.6. The summed E-state index contributed by atoms with van der Waals surface area (Å²) in [5.74, 6) is 0.822. The van der Waals surface area contributed by atoms with Crippen LogP contribution in [0.5, 0.6) is 0 Å². The van der Waals surface area contributed by atoms with Crippen molar-refractivity contribution in [1.82, 2.24) is 14.9 Å². The fraction of sp³-hybridized carbons (Fsp3) is 0.333. The van der Waals surface area contributed by atoms with Crippen molar-refractivity contribution in [1.29, 1.82) is 0 Å². The molecule has 1 spiro atoms. The van der Waals surface area contributed by atoms with Gasteiger partial charge in [0.15, 0.2) is 11.2 Å². The molecule has 3 heterocycles. The summed E-state index contributed by atoms with van der Waals surface area (Å²) in [6.45, 7) is 2.72. The van der Waals surface area contributed by atoms with Gasteiger partial charge < -0.3 is 14.3 Å². The number of fused-ring (bicyclic) bond motifs is 2. The first-order valence-electron chi connectivity index (χ1n) is 10.6. The molecular formula is C24H23N3O4. The molecule has 0 radical (unpaired) electrons. The Morgan fingerprint density at radius 1 is 1.10 bits per heavy atom. The van der Waals surface area contributed by atoms with E-state index in [4.69, 9.17) is 9.40 Å². The summed E-state index contributed by atoms with van der Waals surface area (Å²) in [5.41, 5.74) is 2.03. The normalized spacial score (nSPS) is 17.0. The van der Waals surface area contributed by atoms with Crippen LogP contribution in [0.3, 0.4) is 0 Å². The quantitative estimate of drug-likeness (QED) is 0.692. The molecule has 7 nitrogen and oxygen atoms in total. The maximum absolute atomic E-state index is 12.9. The molecule has 2 aliphatic rings. The summed E-state index contributed by atoms with van der Waals surface area (Å²) in [4.78, 5) is 46.9. The van der Waals surface area contributed by atoms with E-state index in [-0.39, 0.29) is 28.1 Å². The predicted molar refractivity (Wildman–Crippen MR) is 115 cm³/mol. The van der Waals surface area contributed by atoms with Crippen LogP contribution < -0.4 is 11.0 Å². The van der Waals surface area contributed by atoms with Gasteiger partial charge in [-0.15, -0.1) is 0 Å². The van der Waals surface area contributed by atoms with Gasteiger partial charge in [-0.25, -0.2) is 4.98 Å². The van der Waals surface area contributed by atoms with E-state index in [1.165, 1.54) is 12.1 Å². The van der Waals surface area contributed by atoms with E-state index >= 15 is 0 Å². The fourth-order valence-electron chi connectivity index (χ4n) is 4.87. The molecule has 2 aromatic heterocycles. The zero-order valence-corrected chi connectivity index (χ0v) is 17.3. The van der Waals surface area contributed by atoms with Gasteiger partial charge in [-0.1, -0.05) is 30.3 Å². The lowest BCUT2D eigenvalue weighted by atomic mass is 9.76. The molecule has 0 bridgehead atoms. The molecule has 1 N–H and O–H groups in total. The SMILES string of the molecule is Cc1cc(=O)cc(C(=O)N2CCC3(CCc4c3nc(-c3ccccc3)[nH]c4=O)CC2)o1. The maximum Gasteiger partial charge on any atom is 0.289 e. The van der Waals surface area contributed by atoms with Crippen LogP contribution >= 0.6 is 0 Å². The van der Waals surface area contributed by atoms with Crippen molar-refractivity contribution < 1.29 is 9.21 Å². The second kappa shape index (κ2) is 7.34. The van der Waals surface area contributed by atoms with Crippen molar-refractivity contribution in [2.75, 3.05) is 13.1 Å². The lowest BCUT2D eigenvalue weighted by Crippen LogP contribution is -2.45. The van der Waals surface area contributed by atoms with Crippen LogP contribution in [0.4, 0.5) is 0 Å². The molecular weight excluding hydrogens is 394 g/mol. The molecule has 0 unspecified atom stereocenters. The number of rotatable bonds is 2. The molecule has 1 fully saturated rings. The van der Waals surface area contributed by atoms with E-state index in [9.17, 15) is 14.4 Å². The lowest BCUT2D eigenvalue weighted by molar-refractivity contribution is 0.0627. The van der Waals surface area contributed by atoms with Gasteiger partial charge in [0.2, 0.25) is 0 Å². The Kier molecular flexibility index (Phi) is 4.61. The van der Waals surface area contributed by atoms with Gasteiger partial charge >= 0.3 is 0 Å². The Bertz CT molecular complexity index is 1270. The second-order valence-corrected chi connectivity index (χ2v) is 8.45. The molecule has 7 heteroatoms. The Morgan fingerprint density at radius 2 is 1.84 bits per heavy atom. The highest BCUT2D eigenvalue weighted by atomic mass is 16.3. The Balaban J connectivity index is 1.42. The van der Waals surface area contributed by atoms with Crippen LogP contribution in [0.1, 0.15) is 46.8 Å². The summed E-state index contributed by atoms with van der Waals surface area (Å²) >= 11 is 0. The first kappa shape index (κ1) is 19.5. The molecule has 5 rings (SSSR count). The largest absolute Gasteiger partial charge is 0.456 e. The number of nitrogens with one attached hydrogen (secondary N) is 1. The smallest absolute Gasteiger partial charge is 0.289 e. The molecule has 1 aromatic carbocycles. The molecule has 1 aliphatic carbocycles. The van der Waals surface area contributed by atoms with Crippen molar-refractivity contribution in [2.24, 2.45) is 0 Å². The van der Waals surface area contributed by atoms with E-state index in [1.807, 2.05) is 30.3 Å². The van der Waals surface area contributed by atoms with Crippen LogP contribution in [-0.2, 0) is 11.8 Å². The second-order valence-electron chi connectivity index (χ2n) is 8.45. The van der Waals surface area contributed by atoms with Gasteiger partial charge in [-0.3, -0.25) is 14.4 Å².